The van der Waals surface area contributed by atoms with Crippen LogP contribution < -0.4 is 5.32 Å². The largest absolute Gasteiger partial charge is 0.369 e. The van der Waals surface area contributed by atoms with E-state index in [1.807, 2.05) is 0 Å². The molecule has 2 aromatic heterocycles. The molecule has 2 heterocycles. The monoisotopic (exact) mass is 312 g/mol. The average Bonchev–Trinajstić information content (AvgIpc) is 2.79. The number of anilines is 1. The molecule has 6 heteroatoms. The lowest BCUT2D eigenvalue weighted by atomic mass is 10.3. The fourth-order valence-electron chi connectivity index (χ4n) is 2.20. The molecular formula is C14H21ClN4S. The summed E-state index contributed by atoms with van der Waals surface area (Å²) < 4.78 is 0. The Hall–Kier alpha value is -0.910. The van der Waals surface area contributed by atoms with Gasteiger partial charge >= 0.3 is 0 Å². The summed E-state index contributed by atoms with van der Waals surface area (Å²) >= 11 is 7.63. The van der Waals surface area contributed by atoms with Crippen molar-refractivity contribution in [2.24, 2.45) is 0 Å². The summed E-state index contributed by atoms with van der Waals surface area (Å²) in [5.74, 6) is 0.851. The molecule has 0 spiro atoms. The van der Waals surface area contributed by atoms with Crippen LogP contribution in [-0.4, -0.2) is 41.0 Å². The Morgan fingerprint density at radius 3 is 2.75 bits per heavy atom. The lowest BCUT2D eigenvalue weighted by molar-refractivity contribution is 0.303. The maximum Gasteiger partial charge on any atom is 0.225 e. The van der Waals surface area contributed by atoms with Crippen molar-refractivity contribution in [1.82, 2.24) is 14.9 Å². The number of thiophene rings is 1. The van der Waals surface area contributed by atoms with Crippen molar-refractivity contribution in [3.8, 4) is 0 Å². The first-order valence-electron chi connectivity index (χ1n) is 7.04. The first-order chi connectivity index (χ1) is 9.63. The van der Waals surface area contributed by atoms with Crippen LogP contribution >= 0.6 is 22.9 Å². The summed E-state index contributed by atoms with van der Waals surface area (Å²) in [5, 5.41) is 4.77. The van der Waals surface area contributed by atoms with Crippen LogP contribution in [0.5, 0.6) is 0 Å². The van der Waals surface area contributed by atoms with E-state index in [1.54, 1.807) is 11.3 Å². The van der Waals surface area contributed by atoms with Gasteiger partial charge in [-0.05, 0) is 50.6 Å². The molecule has 0 radical (unpaired) electrons. The number of halogens is 1. The number of hydrogen-bond acceptors (Lipinski definition) is 5. The van der Waals surface area contributed by atoms with E-state index >= 15 is 0 Å². The van der Waals surface area contributed by atoms with E-state index < -0.39 is 0 Å². The van der Waals surface area contributed by atoms with Crippen LogP contribution in [-0.2, 0) is 0 Å². The Bertz CT molecular complexity index is 566. The zero-order valence-corrected chi connectivity index (χ0v) is 13.8. The van der Waals surface area contributed by atoms with E-state index in [1.165, 1.54) is 4.88 Å². The van der Waals surface area contributed by atoms with E-state index in [4.69, 9.17) is 11.6 Å². The number of nitrogens with zero attached hydrogens (tertiary/aromatic N) is 3. The molecule has 0 saturated carbocycles. The molecule has 0 aliphatic rings. The van der Waals surface area contributed by atoms with E-state index in [-0.39, 0.29) is 0 Å². The number of rotatable bonds is 7. The summed E-state index contributed by atoms with van der Waals surface area (Å²) in [7, 11) is 0. The first kappa shape index (κ1) is 15.5. The molecule has 0 aromatic carbocycles. The van der Waals surface area contributed by atoms with E-state index in [0.717, 1.165) is 48.6 Å². The van der Waals surface area contributed by atoms with Gasteiger partial charge < -0.3 is 10.2 Å². The second-order valence-electron chi connectivity index (χ2n) is 4.72. The van der Waals surface area contributed by atoms with Gasteiger partial charge in [-0.15, -0.1) is 11.3 Å². The zero-order chi connectivity index (χ0) is 14.5. The summed E-state index contributed by atoms with van der Waals surface area (Å²) in [4.78, 5) is 13.2. The highest BCUT2D eigenvalue weighted by atomic mass is 35.5. The molecule has 20 heavy (non-hydrogen) atoms. The molecule has 0 saturated heterocycles. The fourth-order valence-corrected chi connectivity index (χ4v) is 3.30. The highest BCUT2D eigenvalue weighted by Gasteiger charge is 2.09. The van der Waals surface area contributed by atoms with Crippen LogP contribution in [0.2, 0.25) is 5.28 Å². The Balaban J connectivity index is 1.99. The summed E-state index contributed by atoms with van der Waals surface area (Å²) in [6.07, 6.45) is 1.09. The standard InChI is InChI=1S/C14H21ClN4S/c1-4-19(5-2)8-6-7-16-12-11-9-10(3)20-13(11)18-14(15)17-12/h9H,4-8H2,1-3H3,(H,16,17,18). The SMILES string of the molecule is CCN(CC)CCCNc1nc(Cl)nc2sc(C)cc12. The predicted molar refractivity (Wildman–Crippen MR) is 88.1 cm³/mol. The Labute approximate surface area is 129 Å². The molecule has 2 rings (SSSR count). The maximum absolute atomic E-state index is 5.98. The van der Waals surface area contributed by atoms with Crippen LogP contribution in [0.1, 0.15) is 25.1 Å². The van der Waals surface area contributed by atoms with Gasteiger partial charge in [-0.2, -0.15) is 0 Å². The lowest BCUT2D eigenvalue weighted by Gasteiger charge is -2.17. The summed E-state index contributed by atoms with van der Waals surface area (Å²) in [6.45, 7) is 10.7. The fraction of sp³-hybridized carbons (Fsp3) is 0.571. The molecule has 0 unspecified atom stereocenters. The second-order valence-corrected chi connectivity index (χ2v) is 6.30. The third-order valence-electron chi connectivity index (χ3n) is 3.33. The van der Waals surface area contributed by atoms with Crippen LogP contribution in [0.4, 0.5) is 5.82 Å². The van der Waals surface area contributed by atoms with Gasteiger partial charge in [0.15, 0.2) is 0 Å². The van der Waals surface area contributed by atoms with Crippen molar-refractivity contribution in [1.29, 1.82) is 0 Å². The van der Waals surface area contributed by atoms with Crippen LogP contribution in [0, 0.1) is 6.92 Å². The molecule has 1 N–H and O–H groups in total. The molecule has 110 valence electrons. The third kappa shape index (κ3) is 3.81. The second kappa shape index (κ2) is 7.20. The number of aryl methyl sites for hydroxylation is 1. The minimum Gasteiger partial charge on any atom is -0.369 e. The molecule has 0 aliphatic heterocycles. The predicted octanol–water partition coefficient (Wildman–Crippen LogP) is 3.80. The van der Waals surface area contributed by atoms with E-state index in [2.05, 4.69) is 47.0 Å². The Kier molecular flexibility index (Phi) is 5.57. The van der Waals surface area contributed by atoms with Crippen LogP contribution in [0.3, 0.4) is 0 Å². The molecule has 0 amide bonds. The molecule has 4 nitrogen and oxygen atoms in total. The van der Waals surface area contributed by atoms with Crippen molar-refractivity contribution >= 4 is 39.0 Å². The van der Waals surface area contributed by atoms with Gasteiger partial charge in [-0.3, -0.25) is 0 Å². The van der Waals surface area contributed by atoms with Gasteiger partial charge in [-0.1, -0.05) is 13.8 Å². The van der Waals surface area contributed by atoms with E-state index in [0.29, 0.717) is 5.28 Å². The van der Waals surface area contributed by atoms with Crippen molar-refractivity contribution < 1.29 is 0 Å². The zero-order valence-electron chi connectivity index (χ0n) is 12.2. The first-order valence-corrected chi connectivity index (χ1v) is 8.23. The van der Waals surface area contributed by atoms with Crippen molar-refractivity contribution in [2.75, 3.05) is 31.5 Å². The van der Waals surface area contributed by atoms with Gasteiger partial charge in [0, 0.05) is 11.4 Å². The lowest BCUT2D eigenvalue weighted by Crippen LogP contribution is -2.25. The van der Waals surface area contributed by atoms with Gasteiger partial charge in [-0.25, -0.2) is 9.97 Å². The molecule has 0 bridgehead atoms. The number of nitrogens with one attached hydrogen (secondary N) is 1. The molecule has 0 aliphatic carbocycles. The van der Waals surface area contributed by atoms with Gasteiger partial charge in [0.2, 0.25) is 5.28 Å². The normalized spacial score (nSPS) is 11.4. The third-order valence-corrected chi connectivity index (χ3v) is 4.44. The van der Waals surface area contributed by atoms with Crippen LogP contribution in [0.15, 0.2) is 6.07 Å². The van der Waals surface area contributed by atoms with Crippen molar-refractivity contribution in [2.45, 2.75) is 27.2 Å². The van der Waals surface area contributed by atoms with Crippen molar-refractivity contribution in [3.05, 3.63) is 16.2 Å². The maximum atomic E-state index is 5.98. The number of fused-ring (bicyclic) bond motifs is 1. The minimum absolute atomic E-state index is 0.311. The topological polar surface area (TPSA) is 41.0 Å². The highest BCUT2D eigenvalue weighted by molar-refractivity contribution is 7.18. The molecule has 0 atom stereocenters. The number of aromatic nitrogens is 2. The van der Waals surface area contributed by atoms with Crippen molar-refractivity contribution in [3.63, 3.8) is 0 Å². The number of hydrogen-bond donors (Lipinski definition) is 1. The van der Waals surface area contributed by atoms with Gasteiger partial charge in [0.1, 0.15) is 10.6 Å². The molecule has 0 fully saturated rings. The van der Waals surface area contributed by atoms with Crippen LogP contribution in [0.25, 0.3) is 10.2 Å². The molecular weight excluding hydrogens is 292 g/mol. The highest BCUT2D eigenvalue weighted by Crippen LogP contribution is 2.29. The van der Waals surface area contributed by atoms with E-state index in [9.17, 15) is 0 Å². The quantitative estimate of drug-likeness (QED) is 0.623. The minimum atomic E-state index is 0.311. The van der Waals surface area contributed by atoms with Gasteiger partial charge in [0.05, 0.1) is 5.39 Å². The Morgan fingerprint density at radius 1 is 1.30 bits per heavy atom. The smallest absolute Gasteiger partial charge is 0.225 e. The summed E-state index contributed by atoms with van der Waals surface area (Å²) in [5.41, 5.74) is 0. The average molecular weight is 313 g/mol. The summed E-state index contributed by atoms with van der Waals surface area (Å²) in [6, 6.07) is 2.11. The van der Waals surface area contributed by atoms with Gasteiger partial charge in [0.25, 0.3) is 0 Å². The Morgan fingerprint density at radius 2 is 2.05 bits per heavy atom. The molecule has 2 aromatic rings.